The van der Waals surface area contributed by atoms with Crippen molar-refractivity contribution in [2.45, 2.75) is 32.6 Å². The topological polar surface area (TPSA) is 106 Å². The van der Waals surface area contributed by atoms with Gasteiger partial charge in [0.15, 0.2) is 10.9 Å². The number of ether oxygens (including phenoxy) is 3. The van der Waals surface area contributed by atoms with E-state index in [1.807, 2.05) is 36.1 Å². The average molecular weight is 568 g/mol. The Hall–Kier alpha value is -4.25. The third kappa shape index (κ3) is 7.44. The Balaban J connectivity index is 1.83. The van der Waals surface area contributed by atoms with Crippen LogP contribution < -0.4 is 9.64 Å². The van der Waals surface area contributed by atoms with Crippen LogP contribution in [0.5, 0.6) is 5.75 Å². The standard InChI is InChI=1S/C29H33N3O7S/c1-4-7-16-31-27(35)21(28(36)32(29(31)40)18-20-38-26(34)6-3)14-15-24-30(17-10-11-19-37-25(33)5-2)22-12-8-9-13-23(22)39-24/h5-6,8-9,12-15H,2-4,7,10-11,16-20H2,1H3. The van der Waals surface area contributed by atoms with E-state index in [1.54, 1.807) is 6.08 Å². The van der Waals surface area contributed by atoms with Gasteiger partial charge in [-0.3, -0.25) is 19.4 Å². The number of unbranched alkanes of at least 4 members (excludes halogenated alkanes) is 2. The molecule has 0 saturated carbocycles. The quantitative estimate of drug-likeness (QED) is 0.110. The number of fused-ring (bicyclic) bond motifs is 1. The number of carbonyl (C=O) groups excluding carboxylic acids is 4. The first-order chi connectivity index (χ1) is 19.3. The molecule has 0 unspecified atom stereocenters. The summed E-state index contributed by atoms with van der Waals surface area (Å²) in [7, 11) is 0. The Labute approximate surface area is 239 Å². The summed E-state index contributed by atoms with van der Waals surface area (Å²) < 4.78 is 16.1. The lowest BCUT2D eigenvalue weighted by Gasteiger charge is -2.36. The van der Waals surface area contributed by atoms with Crippen LogP contribution in [0.4, 0.5) is 5.69 Å². The van der Waals surface area contributed by atoms with Crippen molar-refractivity contribution in [3.63, 3.8) is 0 Å². The number of hydrogen-bond donors (Lipinski definition) is 0. The lowest BCUT2D eigenvalue weighted by atomic mass is 10.1. The number of amides is 2. The number of benzene rings is 1. The Bertz CT molecular complexity index is 1240. The molecule has 0 bridgehead atoms. The summed E-state index contributed by atoms with van der Waals surface area (Å²) in [6.07, 6.45) is 8.01. The number of carbonyl (C=O) groups is 4. The molecule has 40 heavy (non-hydrogen) atoms. The molecule has 0 aromatic heterocycles. The highest BCUT2D eigenvalue weighted by Crippen LogP contribution is 2.38. The maximum Gasteiger partial charge on any atom is 0.330 e. The van der Waals surface area contributed by atoms with Gasteiger partial charge in [0, 0.05) is 25.2 Å². The number of rotatable bonds is 14. The lowest BCUT2D eigenvalue weighted by Crippen LogP contribution is -2.57. The lowest BCUT2D eigenvalue weighted by molar-refractivity contribution is -0.140. The van der Waals surface area contributed by atoms with Gasteiger partial charge in [-0.25, -0.2) is 9.59 Å². The van der Waals surface area contributed by atoms with Crippen LogP contribution in [0.25, 0.3) is 0 Å². The van der Waals surface area contributed by atoms with Crippen LogP contribution in [0.2, 0.25) is 0 Å². The number of esters is 2. The van der Waals surface area contributed by atoms with E-state index in [2.05, 4.69) is 13.2 Å². The van der Waals surface area contributed by atoms with Gasteiger partial charge in [0.05, 0.1) is 18.8 Å². The third-order valence-corrected chi connectivity index (χ3v) is 6.53. The smallest absolute Gasteiger partial charge is 0.330 e. The van der Waals surface area contributed by atoms with Crippen molar-refractivity contribution in [2.24, 2.45) is 0 Å². The number of allylic oxidation sites excluding steroid dienone is 2. The van der Waals surface area contributed by atoms with E-state index in [-0.39, 0.29) is 30.4 Å². The molecule has 0 spiro atoms. The zero-order chi connectivity index (χ0) is 29.1. The van der Waals surface area contributed by atoms with Crippen molar-refractivity contribution in [3.05, 3.63) is 73.2 Å². The molecule has 0 radical (unpaired) electrons. The van der Waals surface area contributed by atoms with Crippen LogP contribution in [-0.2, 0) is 28.7 Å². The van der Waals surface area contributed by atoms with Crippen molar-refractivity contribution in [2.75, 3.05) is 37.7 Å². The van der Waals surface area contributed by atoms with E-state index >= 15 is 0 Å². The molecule has 2 heterocycles. The van der Waals surface area contributed by atoms with Gasteiger partial charge in [-0.2, -0.15) is 0 Å². The van der Waals surface area contributed by atoms with E-state index < -0.39 is 23.8 Å². The first kappa shape index (κ1) is 30.3. The van der Waals surface area contributed by atoms with E-state index in [1.165, 1.54) is 15.9 Å². The first-order valence-electron chi connectivity index (χ1n) is 13.0. The maximum atomic E-state index is 13.4. The van der Waals surface area contributed by atoms with Crippen molar-refractivity contribution in [3.8, 4) is 5.75 Å². The number of nitrogens with zero attached hydrogens (tertiary/aromatic N) is 3. The number of thiocarbonyl (C=S) groups is 1. The van der Waals surface area contributed by atoms with E-state index in [9.17, 15) is 19.2 Å². The molecule has 3 rings (SSSR count). The summed E-state index contributed by atoms with van der Waals surface area (Å²) in [6.45, 7) is 9.78. The van der Waals surface area contributed by atoms with Crippen molar-refractivity contribution >= 4 is 46.8 Å². The predicted octanol–water partition coefficient (Wildman–Crippen LogP) is 3.65. The highest BCUT2D eigenvalue weighted by molar-refractivity contribution is 7.80. The summed E-state index contributed by atoms with van der Waals surface area (Å²) >= 11 is 5.46. The van der Waals surface area contributed by atoms with Gasteiger partial charge in [0.2, 0.25) is 5.88 Å². The van der Waals surface area contributed by atoms with Gasteiger partial charge in [-0.05, 0) is 55.8 Å². The fourth-order valence-corrected chi connectivity index (χ4v) is 4.37. The second-order valence-corrected chi connectivity index (χ2v) is 9.17. The Morgan fingerprint density at radius 1 is 0.875 bits per heavy atom. The Morgan fingerprint density at radius 3 is 2.17 bits per heavy atom. The normalized spacial score (nSPS) is 16.7. The zero-order valence-electron chi connectivity index (χ0n) is 22.5. The second kappa shape index (κ2) is 14.8. The first-order valence-corrected chi connectivity index (χ1v) is 13.5. The van der Waals surface area contributed by atoms with Gasteiger partial charge in [-0.15, -0.1) is 0 Å². The van der Waals surface area contributed by atoms with Crippen LogP contribution in [0, 0.1) is 0 Å². The van der Waals surface area contributed by atoms with Crippen LogP contribution in [-0.4, -0.2) is 71.5 Å². The van der Waals surface area contributed by atoms with E-state index in [4.69, 9.17) is 26.4 Å². The molecule has 11 heteroatoms. The van der Waals surface area contributed by atoms with E-state index in [0.717, 1.165) is 24.3 Å². The molecule has 1 fully saturated rings. The molecule has 1 aromatic carbocycles. The summed E-state index contributed by atoms with van der Waals surface area (Å²) in [4.78, 5) is 54.1. The number of para-hydroxylation sites is 2. The molecule has 1 aromatic rings. The fraction of sp³-hybridized carbons (Fsp3) is 0.345. The van der Waals surface area contributed by atoms with Crippen LogP contribution in [0.1, 0.15) is 32.6 Å². The molecule has 2 amide bonds. The van der Waals surface area contributed by atoms with E-state index in [0.29, 0.717) is 44.0 Å². The minimum absolute atomic E-state index is 0.00838. The highest BCUT2D eigenvalue weighted by Gasteiger charge is 2.39. The van der Waals surface area contributed by atoms with Crippen molar-refractivity contribution in [1.29, 1.82) is 0 Å². The fourth-order valence-electron chi connectivity index (χ4n) is 4.02. The van der Waals surface area contributed by atoms with Gasteiger partial charge in [0.25, 0.3) is 11.8 Å². The molecule has 0 atom stereocenters. The summed E-state index contributed by atoms with van der Waals surface area (Å²) in [5, 5.41) is 0.0752. The molecule has 2 aliphatic heterocycles. The molecule has 2 aliphatic rings. The van der Waals surface area contributed by atoms with Crippen LogP contribution in [0.15, 0.2) is 73.2 Å². The molecule has 1 saturated heterocycles. The Kier molecular flexibility index (Phi) is 11.2. The molecule has 0 aliphatic carbocycles. The van der Waals surface area contributed by atoms with Crippen molar-refractivity contribution in [1.82, 2.24) is 9.80 Å². The van der Waals surface area contributed by atoms with Crippen molar-refractivity contribution < 1.29 is 33.4 Å². The largest absolute Gasteiger partial charge is 0.463 e. The monoisotopic (exact) mass is 567 g/mol. The highest BCUT2D eigenvalue weighted by atomic mass is 32.1. The number of hydrogen-bond acceptors (Lipinski definition) is 9. The third-order valence-electron chi connectivity index (χ3n) is 6.09. The Morgan fingerprint density at radius 2 is 1.50 bits per heavy atom. The van der Waals surface area contributed by atoms with Gasteiger partial charge in [0.1, 0.15) is 12.2 Å². The minimum atomic E-state index is -0.619. The predicted molar refractivity (Wildman–Crippen MR) is 153 cm³/mol. The van der Waals surface area contributed by atoms with Crippen LogP contribution in [0.3, 0.4) is 0 Å². The van der Waals surface area contributed by atoms with Gasteiger partial charge >= 0.3 is 11.9 Å². The summed E-state index contributed by atoms with van der Waals surface area (Å²) in [5.74, 6) is -1.08. The molecule has 212 valence electrons. The summed E-state index contributed by atoms with van der Waals surface area (Å²) in [6, 6.07) is 7.48. The number of anilines is 1. The average Bonchev–Trinajstić information content (AvgIpc) is 3.31. The van der Waals surface area contributed by atoms with Gasteiger partial charge < -0.3 is 19.1 Å². The minimum Gasteiger partial charge on any atom is -0.463 e. The second-order valence-electron chi connectivity index (χ2n) is 8.81. The summed E-state index contributed by atoms with van der Waals surface area (Å²) in [5.41, 5.74) is 0.760. The molecular formula is C29H33N3O7S. The maximum absolute atomic E-state index is 13.4. The van der Waals surface area contributed by atoms with Crippen LogP contribution >= 0.6 is 12.2 Å². The molecular weight excluding hydrogens is 534 g/mol. The van der Waals surface area contributed by atoms with Gasteiger partial charge in [-0.1, -0.05) is 38.6 Å². The molecule has 0 N–H and O–H groups in total. The molecule has 10 nitrogen and oxygen atoms in total. The zero-order valence-corrected chi connectivity index (χ0v) is 23.3. The SMILES string of the molecule is C=CC(=O)OCCCCN1C(=CC=C2C(=O)N(CCCC)C(=S)N(CCOC(=O)C=C)C2=O)Oc2ccccc21.